The summed E-state index contributed by atoms with van der Waals surface area (Å²) in [7, 11) is -1.61. The average molecular weight is 469 g/mol. The van der Waals surface area contributed by atoms with Gasteiger partial charge in [-0.3, -0.25) is 0 Å². The molecule has 176 valence electrons. The van der Waals surface area contributed by atoms with Crippen molar-refractivity contribution in [3.8, 4) is 5.75 Å². The Balaban J connectivity index is 0.000000396. The first-order chi connectivity index (χ1) is 16.8. The minimum Gasteiger partial charge on any atom is -0.872 e. The van der Waals surface area contributed by atoms with Crippen LogP contribution >= 0.6 is 7.26 Å². The van der Waals surface area contributed by atoms with E-state index in [1.165, 1.54) is 72.7 Å². The van der Waals surface area contributed by atoms with Crippen LogP contribution < -0.4 is 21.0 Å². The van der Waals surface area contributed by atoms with Crippen LogP contribution in [0, 0.1) is 0 Å². The zero-order valence-corrected chi connectivity index (χ0v) is 21.2. The van der Waals surface area contributed by atoms with E-state index in [1.54, 1.807) is 12.1 Å². The summed E-state index contributed by atoms with van der Waals surface area (Å²) in [6, 6.07) is 42.1. The summed E-state index contributed by atoms with van der Waals surface area (Å²) in [6.07, 6.45) is 9.34. The lowest BCUT2D eigenvalue weighted by Gasteiger charge is -2.27. The van der Waals surface area contributed by atoms with Crippen LogP contribution in [0.1, 0.15) is 45.4 Å². The van der Waals surface area contributed by atoms with Crippen LogP contribution in [0.25, 0.3) is 0 Å². The molecule has 0 aliphatic carbocycles. The summed E-state index contributed by atoms with van der Waals surface area (Å²) in [4.78, 5) is 0. The van der Waals surface area contributed by atoms with Gasteiger partial charge in [-0.2, -0.15) is 0 Å². The molecule has 0 radical (unpaired) electrons. The Morgan fingerprint density at radius 3 is 1.18 bits per heavy atom. The molecule has 0 spiro atoms. The standard InChI is InChI=1S/C26H32P.C6H6O/c1-2-3-4-5-6-16-23-27(24-17-10-7-11-18-24,25-19-12-8-13-20-25)26-21-14-9-15-22-26;7-6-4-2-1-3-5-6/h7-15,17-22H,2-6,16,23H2,1H3;1-5,7H/q+1;/p-1. The highest BCUT2D eigenvalue weighted by atomic mass is 31.2. The Morgan fingerprint density at radius 2 is 0.824 bits per heavy atom. The Bertz CT molecular complexity index is 937. The van der Waals surface area contributed by atoms with Crippen LogP contribution in [0.2, 0.25) is 0 Å². The van der Waals surface area contributed by atoms with E-state index in [0.29, 0.717) is 0 Å². The van der Waals surface area contributed by atoms with Crippen molar-refractivity contribution in [2.75, 3.05) is 6.16 Å². The molecule has 0 bridgehead atoms. The smallest absolute Gasteiger partial charge is 0.112 e. The van der Waals surface area contributed by atoms with Crippen molar-refractivity contribution in [1.29, 1.82) is 0 Å². The lowest BCUT2D eigenvalue weighted by Crippen LogP contribution is -2.33. The maximum absolute atomic E-state index is 10.3. The molecule has 2 heteroatoms. The van der Waals surface area contributed by atoms with Crippen molar-refractivity contribution in [3.63, 3.8) is 0 Å². The molecule has 0 aromatic heterocycles. The van der Waals surface area contributed by atoms with Crippen molar-refractivity contribution in [1.82, 2.24) is 0 Å². The molecule has 4 aromatic carbocycles. The first kappa shape index (κ1) is 25.7. The van der Waals surface area contributed by atoms with Crippen molar-refractivity contribution in [3.05, 3.63) is 121 Å². The topological polar surface area (TPSA) is 23.1 Å². The minimum absolute atomic E-state index is 0.0718. The predicted octanol–water partition coefficient (Wildman–Crippen LogP) is 7.10. The molecule has 0 aliphatic rings. The summed E-state index contributed by atoms with van der Waals surface area (Å²) in [5.74, 6) is 0.0718. The largest absolute Gasteiger partial charge is 0.872 e. The Kier molecular flexibility index (Phi) is 10.9. The first-order valence-electron chi connectivity index (χ1n) is 12.5. The first-order valence-corrected chi connectivity index (χ1v) is 14.5. The number of para-hydroxylation sites is 1. The molecule has 0 N–H and O–H groups in total. The second-order valence-corrected chi connectivity index (χ2v) is 12.2. The van der Waals surface area contributed by atoms with Gasteiger partial charge in [-0.15, -0.1) is 5.75 Å². The molecule has 0 fully saturated rings. The zero-order chi connectivity index (χ0) is 23.9. The van der Waals surface area contributed by atoms with Gasteiger partial charge >= 0.3 is 0 Å². The maximum Gasteiger partial charge on any atom is 0.112 e. The zero-order valence-electron chi connectivity index (χ0n) is 20.4. The van der Waals surface area contributed by atoms with Gasteiger partial charge in [0.1, 0.15) is 23.2 Å². The second-order valence-electron chi connectivity index (χ2n) is 8.62. The summed E-state index contributed by atoms with van der Waals surface area (Å²) in [5.41, 5.74) is 0. The number of benzene rings is 4. The molecule has 0 aliphatic heterocycles. The van der Waals surface area contributed by atoms with Crippen molar-refractivity contribution in [2.24, 2.45) is 0 Å². The number of rotatable bonds is 10. The van der Waals surface area contributed by atoms with E-state index in [1.807, 2.05) is 6.07 Å². The number of hydrogen-bond acceptors (Lipinski definition) is 1. The molecule has 0 amide bonds. The molecule has 0 unspecified atom stereocenters. The summed E-state index contributed by atoms with van der Waals surface area (Å²) < 4.78 is 0. The Morgan fingerprint density at radius 1 is 0.471 bits per heavy atom. The summed E-state index contributed by atoms with van der Waals surface area (Å²) in [5, 5.41) is 14.8. The fourth-order valence-corrected chi connectivity index (χ4v) is 8.84. The van der Waals surface area contributed by atoms with E-state index in [9.17, 15) is 5.11 Å². The van der Waals surface area contributed by atoms with Crippen LogP contribution in [0.5, 0.6) is 5.75 Å². The Labute approximate surface area is 206 Å². The molecule has 0 saturated carbocycles. The molecule has 0 atom stereocenters. The van der Waals surface area contributed by atoms with Gasteiger partial charge in [0.25, 0.3) is 0 Å². The highest BCUT2D eigenvalue weighted by Gasteiger charge is 2.44. The number of unbranched alkanes of at least 4 members (excludes halogenated alkanes) is 5. The van der Waals surface area contributed by atoms with Crippen LogP contribution in [0.15, 0.2) is 121 Å². The van der Waals surface area contributed by atoms with E-state index < -0.39 is 7.26 Å². The minimum atomic E-state index is -1.61. The monoisotopic (exact) mass is 468 g/mol. The predicted molar refractivity (Wildman–Crippen MR) is 149 cm³/mol. The van der Waals surface area contributed by atoms with Crippen molar-refractivity contribution in [2.45, 2.75) is 45.4 Å². The maximum atomic E-state index is 10.3. The lowest BCUT2D eigenvalue weighted by atomic mass is 10.1. The van der Waals surface area contributed by atoms with Gasteiger partial charge in [0.2, 0.25) is 0 Å². The third-order valence-electron chi connectivity index (χ3n) is 6.18. The van der Waals surface area contributed by atoms with Gasteiger partial charge in [0.05, 0.1) is 6.16 Å². The van der Waals surface area contributed by atoms with Gasteiger partial charge in [-0.05, 0) is 49.2 Å². The number of hydrogen-bond donors (Lipinski definition) is 0. The van der Waals surface area contributed by atoms with E-state index >= 15 is 0 Å². The van der Waals surface area contributed by atoms with Crippen LogP contribution in [-0.4, -0.2) is 6.16 Å². The van der Waals surface area contributed by atoms with Crippen LogP contribution in [-0.2, 0) is 0 Å². The molecule has 4 aromatic rings. The quantitative estimate of drug-likeness (QED) is 0.180. The van der Waals surface area contributed by atoms with Gasteiger partial charge in [0.15, 0.2) is 0 Å². The van der Waals surface area contributed by atoms with Gasteiger partial charge in [-0.25, -0.2) is 0 Å². The van der Waals surface area contributed by atoms with E-state index in [0.717, 1.165) is 0 Å². The summed E-state index contributed by atoms with van der Waals surface area (Å²) >= 11 is 0. The lowest BCUT2D eigenvalue weighted by molar-refractivity contribution is -0.268. The molecule has 0 saturated heterocycles. The Hall–Kier alpha value is -2.89. The van der Waals surface area contributed by atoms with Gasteiger partial charge in [-0.1, -0.05) is 118 Å². The van der Waals surface area contributed by atoms with E-state index in [4.69, 9.17) is 0 Å². The molecular formula is C32H37OP. The molecular weight excluding hydrogens is 431 g/mol. The fourth-order valence-electron chi connectivity index (χ4n) is 4.43. The SMILES string of the molecule is CCCCCCCC[P+](c1ccccc1)(c1ccccc1)c1ccccc1.[O-]c1ccccc1. The van der Waals surface area contributed by atoms with E-state index in [-0.39, 0.29) is 5.75 Å². The molecule has 0 heterocycles. The van der Waals surface area contributed by atoms with Crippen molar-refractivity contribution >= 4 is 23.2 Å². The molecule has 34 heavy (non-hydrogen) atoms. The molecule has 1 nitrogen and oxygen atoms in total. The normalized spacial score (nSPS) is 10.9. The fraction of sp³-hybridized carbons (Fsp3) is 0.250. The summed E-state index contributed by atoms with van der Waals surface area (Å²) in [6.45, 7) is 2.29. The second kappa shape index (κ2) is 14.4. The van der Waals surface area contributed by atoms with Crippen molar-refractivity contribution < 1.29 is 5.11 Å². The van der Waals surface area contributed by atoms with Gasteiger partial charge in [0, 0.05) is 0 Å². The average Bonchev–Trinajstić information content (AvgIpc) is 2.91. The molecule has 4 rings (SSSR count). The van der Waals surface area contributed by atoms with Crippen LogP contribution in [0.4, 0.5) is 0 Å². The third kappa shape index (κ3) is 7.31. The third-order valence-corrected chi connectivity index (χ3v) is 10.7. The van der Waals surface area contributed by atoms with E-state index in [2.05, 4.69) is 97.9 Å². The highest BCUT2D eigenvalue weighted by molar-refractivity contribution is 7.95. The van der Waals surface area contributed by atoms with Gasteiger partial charge < -0.3 is 5.11 Å². The highest BCUT2D eigenvalue weighted by Crippen LogP contribution is 2.55. The van der Waals surface area contributed by atoms with Crippen LogP contribution in [0.3, 0.4) is 0 Å².